The Morgan fingerprint density at radius 2 is 2.17 bits per heavy atom. The molecule has 4 aromatic rings. The molecule has 5 rings (SSSR count). The standard InChI is InChI=1S/C22H20FN5O5S2/c1-12(29)26-15-6-5-13-3-2-4-14(16(13)7-15)10-28-18-8-17(23)20(9-19(18)33-22(28)30)35(31,32)27-21-24-11-25-34-21/h2-4,8-9,11,15H,5-7,10H2,1H3,(H,26,29)(H,24,25,27)/t15-/m1/s1. The number of hydrogen-bond donors (Lipinski definition) is 2. The largest absolute Gasteiger partial charge is 0.420 e. The van der Waals surface area contributed by atoms with Gasteiger partial charge in [0.2, 0.25) is 11.0 Å². The van der Waals surface area contributed by atoms with Crippen LogP contribution in [0.5, 0.6) is 0 Å². The number of aromatic nitrogens is 3. The minimum absolute atomic E-state index is 0.00953. The molecule has 2 aromatic heterocycles. The minimum Gasteiger partial charge on any atom is -0.408 e. The second-order valence-electron chi connectivity index (χ2n) is 8.25. The van der Waals surface area contributed by atoms with E-state index >= 15 is 0 Å². The summed E-state index contributed by atoms with van der Waals surface area (Å²) < 4.78 is 52.7. The Bertz CT molecular complexity index is 1590. The number of sulfonamides is 1. The van der Waals surface area contributed by atoms with Gasteiger partial charge in [-0.15, -0.1) is 0 Å². The van der Waals surface area contributed by atoms with Crippen molar-refractivity contribution in [3.8, 4) is 0 Å². The monoisotopic (exact) mass is 517 g/mol. The number of aryl methyl sites for hydroxylation is 1. The third-order valence-electron chi connectivity index (χ3n) is 5.91. The Morgan fingerprint density at radius 3 is 2.91 bits per heavy atom. The van der Waals surface area contributed by atoms with Gasteiger partial charge in [-0.2, -0.15) is 4.37 Å². The fourth-order valence-corrected chi connectivity index (χ4v) is 6.14. The van der Waals surface area contributed by atoms with E-state index in [0.717, 1.165) is 53.2 Å². The molecule has 13 heteroatoms. The van der Waals surface area contributed by atoms with Crippen molar-refractivity contribution in [2.24, 2.45) is 0 Å². The van der Waals surface area contributed by atoms with E-state index in [9.17, 15) is 22.4 Å². The number of anilines is 1. The highest BCUT2D eigenvalue weighted by atomic mass is 32.2. The van der Waals surface area contributed by atoms with Crippen molar-refractivity contribution >= 4 is 43.7 Å². The third-order valence-corrected chi connectivity index (χ3v) is 7.98. The second kappa shape index (κ2) is 8.89. The van der Waals surface area contributed by atoms with Crippen molar-refractivity contribution in [2.75, 3.05) is 4.72 Å². The van der Waals surface area contributed by atoms with Gasteiger partial charge in [-0.05, 0) is 36.0 Å². The maximum absolute atomic E-state index is 15.0. The average molecular weight is 518 g/mol. The zero-order chi connectivity index (χ0) is 24.7. The molecular formula is C22H20FN5O5S2. The summed E-state index contributed by atoms with van der Waals surface area (Å²) in [4.78, 5) is 27.3. The first-order valence-corrected chi connectivity index (χ1v) is 13.0. The highest BCUT2D eigenvalue weighted by Crippen LogP contribution is 2.28. The molecule has 0 saturated heterocycles. The summed E-state index contributed by atoms with van der Waals surface area (Å²) in [6.07, 6.45) is 3.39. The van der Waals surface area contributed by atoms with Gasteiger partial charge < -0.3 is 9.73 Å². The number of nitrogens with one attached hydrogen (secondary N) is 2. The molecule has 0 fully saturated rings. The molecule has 0 saturated carbocycles. The molecule has 1 amide bonds. The molecule has 0 spiro atoms. The Hall–Kier alpha value is -3.58. The van der Waals surface area contributed by atoms with Crippen LogP contribution in [0.1, 0.15) is 30.0 Å². The predicted molar refractivity (Wildman–Crippen MR) is 126 cm³/mol. The number of nitrogens with zero attached hydrogens (tertiary/aromatic N) is 3. The number of fused-ring (bicyclic) bond motifs is 2. The van der Waals surface area contributed by atoms with Crippen LogP contribution < -0.4 is 15.8 Å². The Labute approximate surface area is 203 Å². The molecule has 1 aliphatic carbocycles. The van der Waals surface area contributed by atoms with Crippen LogP contribution in [0.2, 0.25) is 0 Å². The van der Waals surface area contributed by atoms with Gasteiger partial charge in [0, 0.05) is 36.6 Å². The van der Waals surface area contributed by atoms with E-state index < -0.39 is 26.5 Å². The van der Waals surface area contributed by atoms with Crippen LogP contribution in [0.3, 0.4) is 0 Å². The summed E-state index contributed by atoms with van der Waals surface area (Å²) in [5.74, 6) is -1.88. The molecule has 0 radical (unpaired) electrons. The summed E-state index contributed by atoms with van der Waals surface area (Å²) in [6.45, 7) is 1.58. The number of hydrogen-bond acceptors (Lipinski definition) is 8. The third kappa shape index (κ3) is 4.56. The molecule has 2 heterocycles. The lowest BCUT2D eigenvalue weighted by Crippen LogP contribution is -2.38. The number of carbonyl (C=O) groups excluding carboxylic acids is 1. The van der Waals surface area contributed by atoms with Crippen LogP contribution in [-0.2, 0) is 34.2 Å². The van der Waals surface area contributed by atoms with E-state index in [1.165, 1.54) is 17.8 Å². The van der Waals surface area contributed by atoms with Gasteiger partial charge in [-0.1, -0.05) is 18.2 Å². The maximum atomic E-state index is 15.0. The summed E-state index contributed by atoms with van der Waals surface area (Å²) >= 11 is 0.802. The molecule has 10 nitrogen and oxygen atoms in total. The van der Waals surface area contributed by atoms with Crippen LogP contribution in [0.25, 0.3) is 11.1 Å². The van der Waals surface area contributed by atoms with Crippen LogP contribution in [0.15, 0.2) is 50.8 Å². The summed E-state index contributed by atoms with van der Waals surface area (Å²) in [6, 6.07) is 7.74. The fraction of sp³-hybridized carbons (Fsp3) is 0.273. The average Bonchev–Trinajstić information content (AvgIpc) is 3.40. The summed E-state index contributed by atoms with van der Waals surface area (Å²) in [5.41, 5.74) is 3.08. The lowest BCUT2D eigenvalue weighted by molar-refractivity contribution is -0.119. The Balaban J connectivity index is 1.50. The van der Waals surface area contributed by atoms with E-state index in [2.05, 4.69) is 19.4 Å². The van der Waals surface area contributed by atoms with Gasteiger partial charge >= 0.3 is 5.76 Å². The van der Waals surface area contributed by atoms with Crippen molar-refractivity contribution in [1.29, 1.82) is 0 Å². The van der Waals surface area contributed by atoms with E-state index in [-0.39, 0.29) is 34.7 Å². The lowest BCUT2D eigenvalue weighted by atomic mass is 9.85. The van der Waals surface area contributed by atoms with E-state index in [1.54, 1.807) is 0 Å². The number of benzene rings is 2. The van der Waals surface area contributed by atoms with Gasteiger partial charge in [0.15, 0.2) is 5.58 Å². The van der Waals surface area contributed by atoms with Crippen LogP contribution in [0, 0.1) is 5.82 Å². The van der Waals surface area contributed by atoms with Crippen molar-refractivity contribution in [1.82, 2.24) is 19.2 Å². The molecule has 1 atom stereocenters. The zero-order valence-corrected chi connectivity index (χ0v) is 20.1. The molecule has 0 bridgehead atoms. The normalized spacial score (nSPS) is 15.7. The fourth-order valence-electron chi connectivity index (χ4n) is 4.40. The SMILES string of the molecule is CC(=O)N[C@@H]1CCc2cccc(Cn3c(=O)oc4cc(S(=O)(=O)Nc5ncns5)c(F)cc43)c2C1. The molecule has 2 N–H and O–H groups in total. The molecule has 35 heavy (non-hydrogen) atoms. The summed E-state index contributed by atoms with van der Waals surface area (Å²) in [7, 11) is -4.32. The number of amides is 1. The van der Waals surface area contributed by atoms with Gasteiger partial charge in [0.1, 0.15) is 17.0 Å². The van der Waals surface area contributed by atoms with Gasteiger partial charge in [-0.3, -0.25) is 14.1 Å². The quantitative estimate of drug-likeness (QED) is 0.401. The highest BCUT2D eigenvalue weighted by molar-refractivity contribution is 7.93. The van der Waals surface area contributed by atoms with Crippen LogP contribution in [0.4, 0.5) is 9.52 Å². The van der Waals surface area contributed by atoms with Crippen LogP contribution in [-0.4, -0.2) is 34.3 Å². The second-order valence-corrected chi connectivity index (χ2v) is 10.7. The molecule has 2 aromatic carbocycles. The minimum atomic E-state index is -4.32. The van der Waals surface area contributed by atoms with Crippen molar-refractivity contribution in [3.63, 3.8) is 0 Å². The molecular weight excluding hydrogens is 497 g/mol. The van der Waals surface area contributed by atoms with Crippen molar-refractivity contribution in [2.45, 2.75) is 43.7 Å². The zero-order valence-electron chi connectivity index (χ0n) is 18.4. The first-order valence-electron chi connectivity index (χ1n) is 10.7. The lowest BCUT2D eigenvalue weighted by Gasteiger charge is -2.27. The first-order chi connectivity index (χ1) is 16.7. The van der Waals surface area contributed by atoms with Gasteiger partial charge in [0.05, 0.1) is 12.1 Å². The van der Waals surface area contributed by atoms with Crippen LogP contribution >= 0.6 is 11.5 Å². The Morgan fingerprint density at radius 1 is 1.34 bits per heavy atom. The molecule has 0 aliphatic heterocycles. The molecule has 182 valence electrons. The van der Waals surface area contributed by atoms with Gasteiger partial charge in [-0.25, -0.2) is 22.6 Å². The number of rotatable bonds is 6. The summed E-state index contributed by atoms with van der Waals surface area (Å²) in [5, 5.41) is 2.93. The topological polar surface area (TPSA) is 136 Å². The number of carbonyl (C=O) groups is 1. The molecule has 0 unspecified atom stereocenters. The highest BCUT2D eigenvalue weighted by Gasteiger charge is 2.25. The number of oxazole rings is 1. The van der Waals surface area contributed by atoms with Crippen molar-refractivity contribution < 1.29 is 22.0 Å². The van der Waals surface area contributed by atoms with E-state index in [0.29, 0.717) is 6.42 Å². The number of halogens is 1. The first kappa shape index (κ1) is 23.2. The predicted octanol–water partition coefficient (Wildman–Crippen LogP) is 2.43. The van der Waals surface area contributed by atoms with E-state index in [1.807, 2.05) is 18.2 Å². The van der Waals surface area contributed by atoms with Crippen molar-refractivity contribution in [3.05, 3.63) is 69.7 Å². The van der Waals surface area contributed by atoms with E-state index in [4.69, 9.17) is 4.42 Å². The molecule has 1 aliphatic rings. The maximum Gasteiger partial charge on any atom is 0.420 e. The smallest absolute Gasteiger partial charge is 0.408 e. The Kier molecular flexibility index (Phi) is 5.89. The van der Waals surface area contributed by atoms with Gasteiger partial charge in [0.25, 0.3) is 10.0 Å².